The lowest BCUT2D eigenvalue weighted by Crippen LogP contribution is -2.47. The molecule has 0 amide bonds. The number of rotatable bonds is 3. The molecular weight excluding hydrogens is 341 g/mol. The summed E-state index contributed by atoms with van der Waals surface area (Å²) in [7, 11) is 0. The molecule has 1 saturated heterocycles. The summed E-state index contributed by atoms with van der Waals surface area (Å²) < 4.78 is 14.7. The Kier molecular flexibility index (Phi) is 4.99. The van der Waals surface area contributed by atoms with Gasteiger partial charge in [-0.3, -0.25) is 0 Å². The number of hydrazine groups is 1. The van der Waals surface area contributed by atoms with E-state index in [1.807, 2.05) is 0 Å². The molecule has 20 heavy (non-hydrogen) atoms. The molecule has 0 aromatic heterocycles. The number of hydrogen-bond donors (Lipinski definition) is 2. The molecule has 0 bridgehead atoms. The number of nitrogens with zero attached hydrogens (tertiary/aromatic N) is 1. The lowest BCUT2D eigenvalue weighted by atomic mass is 10.00. The first-order valence-electron chi connectivity index (χ1n) is 6.74. The van der Waals surface area contributed by atoms with E-state index in [4.69, 9.17) is 18.0 Å². The van der Waals surface area contributed by atoms with Crippen molar-refractivity contribution in [2.24, 2.45) is 5.73 Å². The first-order chi connectivity index (χ1) is 9.41. The van der Waals surface area contributed by atoms with Gasteiger partial charge in [-0.2, -0.15) is 0 Å². The molecule has 110 valence electrons. The maximum Gasteiger partial charge on any atom is 0.162 e. The average molecular weight is 360 g/mol. The van der Waals surface area contributed by atoms with Crippen molar-refractivity contribution in [2.45, 2.75) is 45.2 Å². The largest absolute Gasteiger partial charge is 0.389 e. The molecule has 0 spiro atoms. The van der Waals surface area contributed by atoms with Gasteiger partial charge in [-0.05, 0) is 54.8 Å². The Labute approximate surface area is 132 Å². The Morgan fingerprint density at radius 1 is 1.40 bits per heavy atom. The normalized spacial score (nSPS) is 23.6. The number of anilines is 1. The van der Waals surface area contributed by atoms with Crippen LogP contribution in [-0.4, -0.2) is 22.1 Å². The van der Waals surface area contributed by atoms with Crippen LogP contribution in [0.1, 0.15) is 38.7 Å². The van der Waals surface area contributed by atoms with E-state index < -0.39 is 0 Å². The van der Waals surface area contributed by atoms with Gasteiger partial charge < -0.3 is 11.2 Å². The number of benzene rings is 1. The first-order valence-corrected chi connectivity index (χ1v) is 7.94. The molecule has 6 heteroatoms. The standard InChI is InChI=1S/C14H19BrFN3S/c1-8-4-3-5-9(2)19(8)18-11-7-6-10(14(17)20)12(15)13(11)16/h6-9,18H,3-5H2,1-2H3,(H2,17,20). The number of thiocarbonyl (C=S) groups is 1. The van der Waals surface area contributed by atoms with E-state index in [0.29, 0.717) is 27.8 Å². The van der Waals surface area contributed by atoms with Crippen LogP contribution < -0.4 is 11.2 Å². The van der Waals surface area contributed by atoms with Crippen LogP contribution in [0.5, 0.6) is 0 Å². The summed E-state index contributed by atoms with van der Waals surface area (Å²) in [6.07, 6.45) is 3.45. The first kappa shape index (κ1) is 15.7. The summed E-state index contributed by atoms with van der Waals surface area (Å²) in [5.41, 5.74) is 9.72. The Bertz CT molecular complexity index is 513. The van der Waals surface area contributed by atoms with Crippen LogP contribution >= 0.6 is 28.1 Å². The number of piperidine rings is 1. The van der Waals surface area contributed by atoms with Gasteiger partial charge in [0.15, 0.2) is 5.82 Å². The average Bonchev–Trinajstić information content (AvgIpc) is 2.38. The minimum Gasteiger partial charge on any atom is -0.389 e. The van der Waals surface area contributed by atoms with Crippen LogP contribution in [0.3, 0.4) is 0 Å². The van der Waals surface area contributed by atoms with Gasteiger partial charge in [0.05, 0.1) is 10.2 Å². The second-order valence-electron chi connectivity index (χ2n) is 5.30. The Hall–Kier alpha value is -0.720. The van der Waals surface area contributed by atoms with Crippen LogP contribution in [0.2, 0.25) is 0 Å². The molecular formula is C14H19BrFN3S. The summed E-state index contributed by atoms with van der Waals surface area (Å²) in [6.45, 7) is 4.30. The molecule has 3 N–H and O–H groups in total. The maximum absolute atomic E-state index is 14.4. The van der Waals surface area contributed by atoms with E-state index in [1.165, 1.54) is 6.42 Å². The van der Waals surface area contributed by atoms with Crippen molar-refractivity contribution in [3.8, 4) is 0 Å². The number of nitrogens with two attached hydrogens (primary N) is 1. The second kappa shape index (κ2) is 6.37. The Balaban J connectivity index is 2.25. The number of nitrogens with one attached hydrogen (secondary N) is 1. The van der Waals surface area contributed by atoms with Crippen molar-refractivity contribution >= 4 is 38.8 Å². The van der Waals surface area contributed by atoms with E-state index in [0.717, 1.165) is 12.8 Å². The second-order valence-corrected chi connectivity index (χ2v) is 6.53. The van der Waals surface area contributed by atoms with Gasteiger partial charge in [0.2, 0.25) is 0 Å². The Morgan fingerprint density at radius 3 is 2.55 bits per heavy atom. The predicted molar refractivity (Wildman–Crippen MR) is 88.2 cm³/mol. The van der Waals surface area contributed by atoms with Gasteiger partial charge in [0, 0.05) is 17.6 Å². The maximum atomic E-state index is 14.4. The monoisotopic (exact) mass is 359 g/mol. The molecule has 2 atom stereocenters. The van der Waals surface area contributed by atoms with Crippen molar-refractivity contribution in [1.29, 1.82) is 0 Å². The molecule has 1 aliphatic heterocycles. The molecule has 0 radical (unpaired) electrons. The van der Waals surface area contributed by atoms with Crippen LogP contribution in [0.15, 0.2) is 16.6 Å². The topological polar surface area (TPSA) is 41.3 Å². The summed E-state index contributed by atoms with van der Waals surface area (Å²) in [6, 6.07) is 4.18. The molecule has 0 saturated carbocycles. The lowest BCUT2D eigenvalue weighted by Gasteiger charge is -2.39. The Morgan fingerprint density at radius 2 is 2.00 bits per heavy atom. The minimum atomic E-state index is -0.361. The highest BCUT2D eigenvalue weighted by atomic mass is 79.9. The highest BCUT2D eigenvalue weighted by molar-refractivity contribution is 9.10. The third-order valence-electron chi connectivity index (χ3n) is 3.79. The molecule has 1 aromatic rings. The quantitative estimate of drug-likeness (QED) is 0.805. The molecule has 1 heterocycles. The molecule has 1 fully saturated rings. The van der Waals surface area contributed by atoms with Crippen LogP contribution in [-0.2, 0) is 0 Å². The molecule has 0 aliphatic carbocycles. The van der Waals surface area contributed by atoms with Crippen LogP contribution in [0, 0.1) is 5.82 Å². The molecule has 2 unspecified atom stereocenters. The lowest BCUT2D eigenvalue weighted by molar-refractivity contribution is 0.135. The molecule has 1 aromatic carbocycles. The van der Waals surface area contributed by atoms with E-state index in [9.17, 15) is 4.39 Å². The van der Waals surface area contributed by atoms with Crippen molar-refractivity contribution in [2.75, 3.05) is 5.43 Å². The SMILES string of the molecule is CC1CCCC(C)N1Nc1ccc(C(N)=S)c(Br)c1F. The highest BCUT2D eigenvalue weighted by Gasteiger charge is 2.26. The van der Waals surface area contributed by atoms with E-state index in [2.05, 4.69) is 40.2 Å². The zero-order chi connectivity index (χ0) is 14.9. The van der Waals surface area contributed by atoms with E-state index >= 15 is 0 Å². The fraction of sp³-hybridized carbons (Fsp3) is 0.500. The number of hydrogen-bond acceptors (Lipinski definition) is 3. The summed E-state index contributed by atoms with van der Waals surface area (Å²) in [4.78, 5) is 0.182. The fourth-order valence-corrected chi connectivity index (χ4v) is 3.47. The molecule has 2 rings (SSSR count). The van der Waals surface area contributed by atoms with Gasteiger partial charge in [0.1, 0.15) is 4.99 Å². The van der Waals surface area contributed by atoms with Crippen molar-refractivity contribution < 1.29 is 4.39 Å². The van der Waals surface area contributed by atoms with Crippen LogP contribution in [0.4, 0.5) is 10.1 Å². The summed E-state index contributed by atoms with van der Waals surface area (Å²) >= 11 is 8.13. The minimum absolute atomic E-state index is 0.182. The smallest absolute Gasteiger partial charge is 0.162 e. The van der Waals surface area contributed by atoms with Crippen molar-refractivity contribution in [1.82, 2.24) is 5.01 Å². The highest BCUT2D eigenvalue weighted by Crippen LogP contribution is 2.30. The zero-order valence-electron chi connectivity index (χ0n) is 11.6. The fourth-order valence-electron chi connectivity index (χ4n) is 2.61. The van der Waals surface area contributed by atoms with E-state index in [-0.39, 0.29) is 10.8 Å². The predicted octanol–water partition coefficient (Wildman–Crippen LogP) is 3.81. The molecule has 1 aliphatic rings. The zero-order valence-corrected chi connectivity index (χ0v) is 14.0. The van der Waals surface area contributed by atoms with Crippen LogP contribution in [0.25, 0.3) is 0 Å². The van der Waals surface area contributed by atoms with Gasteiger partial charge in [-0.1, -0.05) is 18.6 Å². The molecule has 3 nitrogen and oxygen atoms in total. The summed E-state index contributed by atoms with van der Waals surface area (Å²) in [5, 5.41) is 2.12. The van der Waals surface area contributed by atoms with Gasteiger partial charge >= 0.3 is 0 Å². The third kappa shape index (κ3) is 3.13. The number of halogens is 2. The van der Waals surface area contributed by atoms with Crippen molar-refractivity contribution in [3.05, 3.63) is 28.0 Å². The van der Waals surface area contributed by atoms with Gasteiger partial charge in [0.25, 0.3) is 0 Å². The van der Waals surface area contributed by atoms with Gasteiger partial charge in [-0.25, -0.2) is 9.40 Å². The third-order valence-corrected chi connectivity index (χ3v) is 4.79. The van der Waals surface area contributed by atoms with E-state index in [1.54, 1.807) is 12.1 Å². The van der Waals surface area contributed by atoms with Crippen molar-refractivity contribution in [3.63, 3.8) is 0 Å². The summed E-state index contributed by atoms with van der Waals surface area (Å²) in [5.74, 6) is -0.361. The van der Waals surface area contributed by atoms with Gasteiger partial charge in [-0.15, -0.1) is 0 Å².